The van der Waals surface area contributed by atoms with E-state index in [0.29, 0.717) is 34.5 Å². The summed E-state index contributed by atoms with van der Waals surface area (Å²) in [7, 11) is -4.17. The van der Waals surface area contributed by atoms with E-state index in [4.69, 9.17) is 27.9 Å². The van der Waals surface area contributed by atoms with Crippen molar-refractivity contribution >= 4 is 50.7 Å². The largest absolute Gasteiger partial charge is 0.494 e. The van der Waals surface area contributed by atoms with Crippen LogP contribution in [0.15, 0.2) is 77.7 Å². The number of halogens is 2. The molecule has 2 amide bonds. The number of sulfonamides is 1. The zero-order chi connectivity index (χ0) is 29.3. The van der Waals surface area contributed by atoms with Crippen LogP contribution in [0.25, 0.3) is 0 Å². The third-order valence-corrected chi connectivity index (χ3v) is 8.67. The van der Waals surface area contributed by atoms with Gasteiger partial charge in [-0.1, -0.05) is 54.4 Å². The van der Waals surface area contributed by atoms with Crippen LogP contribution in [0.2, 0.25) is 10.0 Å². The summed E-state index contributed by atoms with van der Waals surface area (Å²) >= 11 is 12.8. The number of hydrogen-bond donors (Lipinski definition) is 1. The number of carbonyl (C=O) groups excluding carboxylic acids is 2. The Morgan fingerprint density at radius 2 is 1.52 bits per heavy atom. The second kappa shape index (κ2) is 14.4. The zero-order valence-corrected chi connectivity index (χ0v) is 25.0. The molecule has 0 unspecified atom stereocenters. The SMILES string of the molecule is CCNC(=O)[C@H](CC)N(Cc1c(Cl)cccc1Cl)C(=O)CN(c1ccc(OCC)cc1)S(=O)(=O)c1ccccc1. The minimum absolute atomic E-state index is 0.0214. The molecule has 0 saturated heterocycles. The molecule has 0 radical (unpaired) electrons. The van der Waals surface area contributed by atoms with Crippen molar-refractivity contribution in [3.05, 3.63) is 88.4 Å². The normalized spacial score (nSPS) is 11.9. The second-order valence-corrected chi connectivity index (χ2v) is 11.5. The second-order valence-electron chi connectivity index (χ2n) is 8.79. The topological polar surface area (TPSA) is 96.0 Å². The lowest BCUT2D eigenvalue weighted by Gasteiger charge is -2.33. The van der Waals surface area contributed by atoms with E-state index in [-0.39, 0.29) is 29.5 Å². The summed E-state index contributed by atoms with van der Waals surface area (Å²) in [6.45, 7) is 5.56. The fourth-order valence-corrected chi connectivity index (χ4v) is 6.14. The van der Waals surface area contributed by atoms with Crippen LogP contribution in [0.3, 0.4) is 0 Å². The number of nitrogens with one attached hydrogen (secondary N) is 1. The highest BCUT2D eigenvalue weighted by molar-refractivity contribution is 7.92. The molecule has 8 nitrogen and oxygen atoms in total. The summed E-state index contributed by atoms with van der Waals surface area (Å²) in [6, 6.07) is 18.4. The molecule has 0 fully saturated rings. The number of likely N-dealkylation sites (N-methyl/N-ethyl adjacent to an activating group) is 1. The number of nitrogens with zero attached hydrogens (tertiary/aromatic N) is 2. The van der Waals surface area contributed by atoms with E-state index in [1.54, 1.807) is 74.5 Å². The van der Waals surface area contributed by atoms with E-state index < -0.39 is 28.5 Å². The first-order valence-electron chi connectivity index (χ1n) is 12.9. The minimum atomic E-state index is -4.17. The van der Waals surface area contributed by atoms with Crippen molar-refractivity contribution in [3.63, 3.8) is 0 Å². The fraction of sp³-hybridized carbons (Fsp3) is 0.310. The summed E-state index contributed by atoms with van der Waals surface area (Å²) in [5.41, 5.74) is 0.725. The maximum atomic E-state index is 14.0. The first kappa shape index (κ1) is 31.3. The summed E-state index contributed by atoms with van der Waals surface area (Å²) in [5.74, 6) is -0.394. The molecule has 0 spiro atoms. The van der Waals surface area contributed by atoms with Gasteiger partial charge in [-0.15, -0.1) is 0 Å². The Balaban J connectivity index is 2.08. The Labute approximate surface area is 245 Å². The number of hydrogen-bond acceptors (Lipinski definition) is 5. The first-order chi connectivity index (χ1) is 19.1. The molecule has 3 rings (SSSR count). The van der Waals surface area contributed by atoms with Crippen molar-refractivity contribution in [2.45, 2.75) is 44.7 Å². The summed E-state index contributed by atoms with van der Waals surface area (Å²) in [5, 5.41) is 3.42. The van der Waals surface area contributed by atoms with Crippen molar-refractivity contribution in [1.29, 1.82) is 0 Å². The Morgan fingerprint density at radius 3 is 2.08 bits per heavy atom. The van der Waals surface area contributed by atoms with Gasteiger partial charge in [0.25, 0.3) is 10.0 Å². The number of ether oxygens (including phenoxy) is 1. The average Bonchev–Trinajstić information content (AvgIpc) is 2.94. The molecule has 11 heteroatoms. The number of amides is 2. The Morgan fingerprint density at radius 1 is 0.900 bits per heavy atom. The molecule has 0 aliphatic rings. The zero-order valence-electron chi connectivity index (χ0n) is 22.6. The molecule has 3 aromatic carbocycles. The van der Waals surface area contributed by atoms with Crippen LogP contribution in [0.1, 0.15) is 32.8 Å². The maximum absolute atomic E-state index is 14.0. The highest BCUT2D eigenvalue weighted by atomic mass is 35.5. The van der Waals surface area contributed by atoms with Gasteiger partial charge in [0, 0.05) is 28.7 Å². The van der Waals surface area contributed by atoms with Gasteiger partial charge in [0.2, 0.25) is 11.8 Å². The molecule has 0 heterocycles. The number of benzene rings is 3. The van der Waals surface area contributed by atoms with E-state index in [0.717, 1.165) is 4.31 Å². The Bertz CT molecular complexity index is 1380. The highest BCUT2D eigenvalue weighted by Gasteiger charge is 2.34. The van der Waals surface area contributed by atoms with Crippen molar-refractivity contribution in [2.75, 3.05) is 24.0 Å². The van der Waals surface area contributed by atoms with Crippen LogP contribution in [0, 0.1) is 0 Å². The van der Waals surface area contributed by atoms with Crippen LogP contribution in [0.4, 0.5) is 5.69 Å². The van der Waals surface area contributed by atoms with Gasteiger partial charge in [-0.05, 0) is 68.8 Å². The molecular formula is C29H33Cl2N3O5S. The Hall–Kier alpha value is -3.27. The van der Waals surface area contributed by atoms with E-state index in [2.05, 4.69) is 5.32 Å². The molecule has 0 saturated carbocycles. The monoisotopic (exact) mass is 605 g/mol. The molecular weight excluding hydrogens is 573 g/mol. The molecule has 0 aliphatic carbocycles. The molecule has 1 atom stereocenters. The van der Waals surface area contributed by atoms with Crippen molar-refractivity contribution in [1.82, 2.24) is 10.2 Å². The molecule has 0 aliphatic heterocycles. The molecule has 214 valence electrons. The van der Waals surface area contributed by atoms with Crippen molar-refractivity contribution in [3.8, 4) is 5.75 Å². The van der Waals surface area contributed by atoms with Crippen LogP contribution in [-0.2, 0) is 26.2 Å². The number of carbonyl (C=O) groups is 2. The van der Waals surface area contributed by atoms with Gasteiger partial charge in [0.05, 0.1) is 17.2 Å². The van der Waals surface area contributed by atoms with Gasteiger partial charge < -0.3 is 15.0 Å². The summed E-state index contributed by atoms with van der Waals surface area (Å²) in [6.07, 6.45) is 0.286. The number of rotatable bonds is 13. The third kappa shape index (κ3) is 7.47. The van der Waals surface area contributed by atoms with Gasteiger partial charge in [-0.25, -0.2) is 8.42 Å². The van der Waals surface area contributed by atoms with Gasteiger partial charge in [-0.3, -0.25) is 13.9 Å². The van der Waals surface area contributed by atoms with Crippen LogP contribution in [-0.4, -0.2) is 50.9 Å². The van der Waals surface area contributed by atoms with E-state index >= 15 is 0 Å². The maximum Gasteiger partial charge on any atom is 0.264 e. The van der Waals surface area contributed by atoms with Gasteiger partial charge in [0.1, 0.15) is 18.3 Å². The quantitative estimate of drug-likeness (QED) is 0.276. The predicted octanol–water partition coefficient (Wildman–Crippen LogP) is 5.53. The molecule has 0 bridgehead atoms. The van der Waals surface area contributed by atoms with Gasteiger partial charge in [0.15, 0.2) is 0 Å². The average molecular weight is 607 g/mol. The van der Waals surface area contributed by atoms with Crippen molar-refractivity contribution in [2.24, 2.45) is 0 Å². The lowest BCUT2D eigenvalue weighted by molar-refractivity contribution is -0.140. The molecule has 40 heavy (non-hydrogen) atoms. The third-order valence-electron chi connectivity index (χ3n) is 6.17. The van der Waals surface area contributed by atoms with E-state index in [1.165, 1.54) is 17.0 Å². The number of anilines is 1. The van der Waals surface area contributed by atoms with Crippen LogP contribution in [0.5, 0.6) is 5.75 Å². The molecule has 1 N–H and O–H groups in total. The van der Waals surface area contributed by atoms with Gasteiger partial charge in [-0.2, -0.15) is 0 Å². The van der Waals surface area contributed by atoms with Gasteiger partial charge >= 0.3 is 0 Å². The lowest BCUT2D eigenvalue weighted by Crippen LogP contribution is -2.52. The fourth-order valence-electron chi connectivity index (χ4n) is 4.19. The van der Waals surface area contributed by atoms with E-state index in [9.17, 15) is 18.0 Å². The van der Waals surface area contributed by atoms with Crippen LogP contribution >= 0.6 is 23.2 Å². The van der Waals surface area contributed by atoms with Crippen LogP contribution < -0.4 is 14.4 Å². The summed E-state index contributed by atoms with van der Waals surface area (Å²) < 4.78 is 34.2. The summed E-state index contributed by atoms with van der Waals surface area (Å²) in [4.78, 5) is 28.4. The standard InChI is InChI=1S/C29H33Cl2N3O5S/c1-4-27(29(36)32-5-2)33(19-24-25(30)13-10-14-26(24)31)28(35)20-34(21-15-17-22(18-16-21)39-6-3)40(37,38)23-11-8-7-9-12-23/h7-18,27H,4-6,19-20H2,1-3H3,(H,32,36)/t27-/m0/s1. The highest BCUT2D eigenvalue weighted by Crippen LogP contribution is 2.29. The predicted molar refractivity (Wildman–Crippen MR) is 158 cm³/mol. The minimum Gasteiger partial charge on any atom is -0.494 e. The Kier molecular flexibility index (Phi) is 11.2. The first-order valence-corrected chi connectivity index (χ1v) is 15.1. The molecule has 3 aromatic rings. The van der Waals surface area contributed by atoms with Crippen molar-refractivity contribution < 1.29 is 22.7 Å². The lowest BCUT2D eigenvalue weighted by atomic mass is 10.1. The molecule has 0 aromatic heterocycles. The smallest absolute Gasteiger partial charge is 0.264 e. The van der Waals surface area contributed by atoms with E-state index in [1.807, 2.05) is 6.92 Å².